The summed E-state index contributed by atoms with van der Waals surface area (Å²) in [7, 11) is 3.85. The van der Waals surface area contributed by atoms with E-state index in [1.165, 1.54) is 16.9 Å². The van der Waals surface area contributed by atoms with Crippen molar-refractivity contribution in [3.63, 3.8) is 0 Å². The highest BCUT2D eigenvalue weighted by Crippen LogP contribution is 2.40. The maximum absolute atomic E-state index is 13.4. The van der Waals surface area contributed by atoms with Crippen molar-refractivity contribution in [2.24, 2.45) is 0 Å². The smallest absolute Gasteiger partial charge is 0.290 e. The van der Waals surface area contributed by atoms with E-state index in [-0.39, 0.29) is 11.4 Å². The second-order valence-corrected chi connectivity index (χ2v) is 9.47. The third-order valence-corrected chi connectivity index (χ3v) is 6.44. The molecule has 0 radical (unpaired) electrons. The summed E-state index contributed by atoms with van der Waals surface area (Å²) in [4.78, 5) is 34.8. The highest BCUT2D eigenvalue weighted by Gasteiger charge is 2.44. The molecule has 1 amide bonds. The number of hydrogen-bond acceptors (Lipinski definition) is 6. The fourth-order valence-electron chi connectivity index (χ4n) is 3.70. The number of aliphatic hydroxyl groups is 1. The summed E-state index contributed by atoms with van der Waals surface area (Å²) in [5.41, 5.74) is 2.76. The van der Waals surface area contributed by atoms with E-state index >= 15 is 0 Å². The molecule has 2 aromatic rings. The molecule has 1 aliphatic rings. The van der Waals surface area contributed by atoms with Crippen molar-refractivity contribution in [3.8, 4) is 0 Å². The van der Waals surface area contributed by atoms with Gasteiger partial charge in [-0.25, -0.2) is 4.98 Å². The zero-order valence-electron chi connectivity index (χ0n) is 18.4. The van der Waals surface area contributed by atoms with E-state index in [0.29, 0.717) is 29.6 Å². The maximum Gasteiger partial charge on any atom is 0.290 e. The molecule has 0 bridgehead atoms. The SMILES string of the molecule is Cc1nc(C)c(C(=O)C2=C(O)C(=O)N(CCN(C)C)[C@@H]2c2ccc(C(C)C)cc2)s1. The number of aromatic nitrogens is 1. The standard InChI is InChI=1S/C23H29N3O3S/c1-13(2)16-7-9-17(10-8-16)19-18(20(27)22-14(3)24-15(4)30-22)21(28)23(29)26(19)12-11-25(5)6/h7-10,13,19,28H,11-12H2,1-6H3/t19-/m1/s1. The number of carbonyl (C=O) groups is 2. The molecule has 0 saturated carbocycles. The summed E-state index contributed by atoms with van der Waals surface area (Å²) in [6.07, 6.45) is 0. The topological polar surface area (TPSA) is 73.7 Å². The molecule has 160 valence electrons. The number of rotatable bonds is 7. The second kappa shape index (κ2) is 8.70. The highest BCUT2D eigenvalue weighted by atomic mass is 32.1. The Hall–Kier alpha value is -2.51. The van der Waals surface area contributed by atoms with Crippen LogP contribution in [0.15, 0.2) is 35.6 Å². The molecular weight excluding hydrogens is 398 g/mol. The van der Waals surface area contributed by atoms with E-state index in [0.717, 1.165) is 10.6 Å². The van der Waals surface area contributed by atoms with Crippen molar-refractivity contribution < 1.29 is 14.7 Å². The van der Waals surface area contributed by atoms with Crippen LogP contribution in [0.3, 0.4) is 0 Å². The van der Waals surface area contributed by atoms with Crippen molar-refractivity contribution >= 4 is 23.0 Å². The Bertz CT molecular complexity index is 990. The number of thiazole rings is 1. The summed E-state index contributed by atoms with van der Waals surface area (Å²) >= 11 is 1.29. The monoisotopic (exact) mass is 427 g/mol. The molecular formula is C23H29N3O3S. The van der Waals surface area contributed by atoms with Crippen LogP contribution in [0.5, 0.6) is 0 Å². The number of aryl methyl sites for hydroxylation is 2. The first-order valence-electron chi connectivity index (χ1n) is 10.1. The molecule has 1 atom stereocenters. The van der Waals surface area contributed by atoms with Gasteiger partial charge in [-0.2, -0.15) is 0 Å². The van der Waals surface area contributed by atoms with Crippen molar-refractivity contribution in [1.29, 1.82) is 0 Å². The molecule has 6 nitrogen and oxygen atoms in total. The van der Waals surface area contributed by atoms with Gasteiger partial charge >= 0.3 is 0 Å². The van der Waals surface area contributed by atoms with Crippen molar-refractivity contribution in [3.05, 3.63) is 62.3 Å². The average molecular weight is 428 g/mol. The molecule has 0 aliphatic carbocycles. The van der Waals surface area contributed by atoms with Crippen LogP contribution >= 0.6 is 11.3 Å². The number of nitrogens with zero attached hydrogens (tertiary/aromatic N) is 3. The van der Waals surface area contributed by atoms with Gasteiger partial charge in [-0.05, 0) is 45.0 Å². The van der Waals surface area contributed by atoms with Crippen LogP contribution in [-0.4, -0.2) is 58.8 Å². The predicted molar refractivity (Wildman–Crippen MR) is 119 cm³/mol. The van der Waals surface area contributed by atoms with Crippen LogP contribution in [0.2, 0.25) is 0 Å². The number of likely N-dealkylation sites (N-methyl/N-ethyl adjacent to an activating group) is 1. The molecule has 3 rings (SSSR count). The Balaban J connectivity index is 2.08. The number of aliphatic hydroxyl groups excluding tert-OH is 1. The minimum Gasteiger partial charge on any atom is -0.503 e. The number of hydrogen-bond donors (Lipinski definition) is 1. The quantitative estimate of drug-likeness (QED) is 0.676. The molecule has 2 heterocycles. The van der Waals surface area contributed by atoms with Gasteiger partial charge in [0.2, 0.25) is 5.78 Å². The molecule has 1 aromatic heterocycles. The summed E-state index contributed by atoms with van der Waals surface area (Å²) in [5, 5.41) is 11.5. The van der Waals surface area contributed by atoms with Gasteiger partial charge < -0.3 is 14.9 Å². The van der Waals surface area contributed by atoms with Crippen molar-refractivity contribution in [2.45, 2.75) is 39.7 Å². The third-order valence-electron chi connectivity index (χ3n) is 5.37. The zero-order chi connectivity index (χ0) is 22.2. The number of Topliss-reactive ketones (excluding diaryl/α,β-unsaturated/α-hetero) is 1. The Morgan fingerprint density at radius 2 is 1.87 bits per heavy atom. The van der Waals surface area contributed by atoms with E-state index in [9.17, 15) is 14.7 Å². The molecule has 1 aromatic carbocycles. The van der Waals surface area contributed by atoms with Gasteiger partial charge in [0.05, 0.1) is 27.2 Å². The molecule has 0 saturated heterocycles. The first kappa shape index (κ1) is 22.2. The normalized spacial score (nSPS) is 17.0. The van der Waals surface area contributed by atoms with Gasteiger partial charge in [0, 0.05) is 13.1 Å². The van der Waals surface area contributed by atoms with Gasteiger partial charge in [0.25, 0.3) is 5.91 Å². The van der Waals surface area contributed by atoms with Crippen molar-refractivity contribution in [1.82, 2.24) is 14.8 Å². The Labute approximate surface area is 181 Å². The number of benzene rings is 1. The lowest BCUT2D eigenvalue weighted by Gasteiger charge is -2.28. The summed E-state index contributed by atoms with van der Waals surface area (Å²) < 4.78 is 0. The van der Waals surface area contributed by atoms with E-state index in [4.69, 9.17) is 0 Å². The highest BCUT2D eigenvalue weighted by molar-refractivity contribution is 7.14. The fraction of sp³-hybridized carbons (Fsp3) is 0.435. The molecule has 30 heavy (non-hydrogen) atoms. The molecule has 7 heteroatoms. The van der Waals surface area contributed by atoms with Crippen LogP contribution in [0.1, 0.15) is 57.3 Å². The van der Waals surface area contributed by atoms with Crippen LogP contribution in [-0.2, 0) is 4.79 Å². The Morgan fingerprint density at radius 1 is 1.23 bits per heavy atom. The van der Waals surface area contributed by atoms with Crippen LogP contribution in [0, 0.1) is 13.8 Å². The molecule has 0 unspecified atom stereocenters. The maximum atomic E-state index is 13.4. The Morgan fingerprint density at radius 3 is 2.37 bits per heavy atom. The lowest BCUT2D eigenvalue weighted by Crippen LogP contribution is -2.36. The number of amides is 1. The summed E-state index contributed by atoms with van der Waals surface area (Å²) in [6, 6.07) is 7.33. The number of ketones is 1. The first-order chi connectivity index (χ1) is 14.1. The fourth-order valence-corrected chi connectivity index (χ4v) is 4.57. The minimum absolute atomic E-state index is 0.141. The molecule has 1 N–H and O–H groups in total. The average Bonchev–Trinajstić information content (AvgIpc) is 3.15. The lowest BCUT2D eigenvalue weighted by atomic mass is 9.93. The van der Waals surface area contributed by atoms with Crippen LogP contribution < -0.4 is 0 Å². The Kier molecular flexibility index (Phi) is 6.43. The molecule has 0 spiro atoms. The van der Waals surface area contributed by atoms with Gasteiger partial charge in [-0.3, -0.25) is 9.59 Å². The lowest BCUT2D eigenvalue weighted by molar-refractivity contribution is -0.129. The minimum atomic E-state index is -0.618. The van der Waals surface area contributed by atoms with Crippen LogP contribution in [0.4, 0.5) is 0 Å². The van der Waals surface area contributed by atoms with Gasteiger partial charge in [-0.15, -0.1) is 11.3 Å². The zero-order valence-corrected chi connectivity index (χ0v) is 19.2. The number of carbonyl (C=O) groups excluding carboxylic acids is 2. The predicted octanol–water partition coefficient (Wildman–Crippen LogP) is 4.02. The van der Waals surface area contributed by atoms with Crippen molar-refractivity contribution in [2.75, 3.05) is 27.2 Å². The summed E-state index contributed by atoms with van der Waals surface area (Å²) in [6.45, 7) is 8.89. The van der Waals surface area contributed by atoms with E-state index in [1.807, 2.05) is 50.2 Å². The van der Waals surface area contributed by atoms with E-state index in [2.05, 4.69) is 18.8 Å². The van der Waals surface area contributed by atoms with Gasteiger partial charge in [-0.1, -0.05) is 38.1 Å². The van der Waals surface area contributed by atoms with Crippen LogP contribution in [0.25, 0.3) is 0 Å². The third kappa shape index (κ3) is 4.18. The van der Waals surface area contributed by atoms with Gasteiger partial charge in [0.15, 0.2) is 5.76 Å². The molecule has 0 fully saturated rings. The van der Waals surface area contributed by atoms with Gasteiger partial charge in [0.1, 0.15) is 0 Å². The summed E-state index contributed by atoms with van der Waals surface area (Å²) in [5.74, 6) is -0.907. The van der Waals surface area contributed by atoms with E-state index in [1.54, 1.807) is 11.8 Å². The molecule has 1 aliphatic heterocycles. The first-order valence-corrected chi connectivity index (χ1v) is 10.9. The van der Waals surface area contributed by atoms with E-state index < -0.39 is 17.7 Å². The largest absolute Gasteiger partial charge is 0.503 e. The second-order valence-electron chi connectivity index (χ2n) is 8.26.